The molecule has 0 atom stereocenters. The average Bonchev–Trinajstić information content (AvgIpc) is 3.04. The molecule has 1 saturated carbocycles. The molecular formula is C22H28O2S. The summed E-state index contributed by atoms with van der Waals surface area (Å²) < 4.78 is 5.47. The minimum Gasteiger partial charge on any atom is -0.462 e. The van der Waals surface area contributed by atoms with Crippen molar-refractivity contribution in [2.75, 3.05) is 6.61 Å². The number of hydrogen-bond donors (Lipinski definition) is 0. The molecule has 134 valence electrons. The van der Waals surface area contributed by atoms with Gasteiger partial charge in [0, 0.05) is 9.75 Å². The predicted octanol–water partition coefficient (Wildman–Crippen LogP) is 6.76. The zero-order valence-electron chi connectivity index (χ0n) is 15.5. The molecule has 1 aromatic heterocycles. The van der Waals surface area contributed by atoms with E-state index in [-0.39, 0.29) is 5.97 Å². The maximum absolute atomic E-state index is 12.9. The maximum Gasteiger partial charge on any atom is 0.339 e. The van der Waals surface area contributed by atoms with Crippen LogP contribution in [0.4, 0.5) is 0 Å². The third kappa shape index (κ3) is 3.82. The molecule has 25 heavy (non-hydrogen) atoms. The Morgan fingerprint density at radius 1 is 1.16 bits per heavy atom. The molecule has 3 rings (SSSR count). The molecule has 0 spiro atoms. The zero-order chi connectivity index (χ0) is 17.8. The number of esters is 1. The SMILES string of the molecule is CCOC(=O)c1c(C(C)C)sc(-c2ccccc2)c1C1CCCCC1. The van der Waals surface area contributed by atoms with Crippen molar-refractivity contribution < 1.29 is 9.53 Å². The van der Waals surface area contributed by atoms with E-state index in [9.17, 15) is 4.79 Å². The number of carbonyl (C=O) groups is 1. The highest BCUT2D eigenvalue weighted by atomic mass is 32.1. The van der Waals surface area contributed by atoms with Crippen LogP contribution in [0.1, 0.15) is 85.5 Å². The quantitative estimate of drug-likeness (QED) is 0.553. The first-order valence-electron chi connectivity index (χ1n) is 9.52. The van der Waals surface area contributed by atoms with Gasteiger partial charge in [0.25, 0.3) is 0 Å². The van der Waals surface area contributed by atoms with Crippen molar-refractivity contribution in [3.8, 4) is 10.4 Å². The second-order valence-corrected chi connectivity index (χ2v) is 8.21. The van der Waals surface area contributed by atoms with E-state index in [0.29, 0.717) is 18.4 Å². The highest BCUT2D eigenvalue weighted by Gasteiger charge is 2.31. The first-order chi connectivity index (χ1) is 12.1. The van der Waals surface area contributed by atoms with Crippen LogP contribution in [0.5, 0.6) is 0 Å². The Kier molecular flexibility index (Phi) is 5.95. The number of thiophene rings is 1. The lowest BCUT2D eigenvalue weighted by Crippen LogP contribution is -2.14. The van der Waals surface area contributed by atoms with Gasteiger partial charge in [-0.3, -0.25) is 0 Å². The molecule has 0 amide bonds. The monoisotopic (exact) mass is 356 g/mol. The van der Waals surface area contributed by atoms with Crippen LogP contribution in [0.15, 0.2) is 30.3 Å². The predicted molar refractivity (Wildman–Crippen MR) is 106 cm³/mol. The molecule has 3 heteroatoms. The molecule has 1 fully saturated rings. The molecule has 1 aromatic carbocycles. The summed E-state index contributed by atoms with van der Waals surface area (Å²) in [5.74, 6) is 0.668. The highest BCUT2D eigenvalue weighted by molar-refractivity contribution is 7.16. The molecule has 0 aliphatic heterocycles. The van der Waals surface area contributed by atoms with Crippen molar-refractivity contribution >= 4 is 17.3 Å². The van der Waals surface area contributed by atoms with Crippen LogP contribution in [0.25, 0.3) is 10.4 Å². The summed E-state index contributed by atoms with van der Waals surface area (Å²) >= 11 is 1.79. The highest BCUT2D eigenvalue weighted by Crippen LogP contribution is 2.47. The van der Waals surface area contributed by atoms with E-state index in [1.54, 1.807) is 11.3 Å². The van der Waals surface area contributed by atoms with Crippen molar-refractivity contribution in [1.82, 2.24) is 0 Å². The minimum absolute atomic E-state index is 0.134. The van der Waals surface area contributed by atoms with E-state index >= 15 is 0 Å². The van der Waals surface area contributed by atoms with Gasteiger partial charge in [0.15, 0.2) is 0 Å². The van der Waals surface area contributed by atoms with E-state index in [1.807, 2.05) is 13.0 Å². The lowest BCUT2D eigenvalue weighted by atomic mass is 9.81. The van der Waals surface area contributed by atoms with Crippen molar-refractivity contribution in [1.29, 1.82) is 0 Å². The normalized spacial score (nSPS) is 15.5. The topological polar surface area (TPSA) is 26.3 Å². The third-order valence-electron chi connectivity index (χ3n) is 5.03. The Bertz CT molecular complexity index is 709. The fourth-order valence-corrected chi connectivity index (χ4v) is 5.25. The summed E-state index contributed by atoms with van der Waals surface area (Å²) in [6.45, 7) is 6.66. The van der Waals surface area contributed by atoms with Crippen LogP contribution in [0.2, 0.25) is 0 Å². The number of rotatable bonds is 5. The molecular weight excluding hydrogens is 328 g/mol. The molecule has 1 aliphatic rings. The Balaban J connectivity index is 2.19. The number of benzene rings is 1. The van der Waals surface area contributed by atoms with Gasteiger partial charge in [0.2, 0.25) is 0 Å². The first-order valence-corrected chi connectivity index (χ1v) is 10.3. The van der Waals surface area contributed by atoms with Gasteiger partial charge in [0.05, 0.1) is 12.2 Å². The fraction of sp³-hybridized carbons (Fsp3) is 0.500. The van der Waals surface area contributed by atoms with E-state index in [2.05, 4.69) is 38.1 Å². The van der Waals surface area contributed by atoms with Gasteiger partial charge in [-0.15, -0.1) is 11.3 Å². The van der Waals surface area contributed by atoms with Gasteiger partial charge in [-0.2, -0.15) is 0 Å². The summed E-state index contributed by atoms with van der Waals surface area (Å²) in [4.78, 5) is 15.3. The summed E-state index contributed by atoms with van der Waals surface area (Å²) in [5, 5.41) is 0. The molecule has 1 heterocycles. The second kappa shape index (κ2) is 8.18. The van der Waals surface area contributed by atoms with Gasteiger partial charge in [-0.1, -0.05) is 63.4 Å². The molecule has 2 aromatic rings. The van der Waals surface area contributed by atoms with E-state index in [1.165, 1.54) is 53.0 Å². The van der Waals surface area contributed by atoms with Crippen LogP contribution >= 0.6 is 11.3 Å². The van der Waals surface area contributed by atoms with Gasteiger partial charge in [-0.25, -0.2) is 4.79 Å². The fourth-order valence-electron chi connectivity index (χ4n) is 3.87. The van der Waals surface area contributed by atoms with Gasteiger partial charge >= 0.3 is 5.97 Å². The van der Waals surface area contributed by atoms with Gasteiger partial charge in [0.1, 0.15) is 0 Å². The largest absolute Gasteiger partial charge is 0.462 e. The lowest BCUT2D eigenvalue weighted by Gasteiger charge is -2.24. The van der Waals surface area contributed by atoms with E-state index < -0.39 is 0 Å². The Morgan fingerprint density at radius 2 is 1.84 bits per heavy atom. The van der Waals surface area contributed by atoms with Crippen LogP contribution in [-0.4, -0.2) is 12.6 Å². The zero-order valence-corrected chi connectivity index (χ0v) is 16.3. The molecule has 0 unspecified atom stereocenters. The number of hydrogen-bond acceptors (Lipinski definition) is 3. The molecule has 0 bridgehead atoms. The Morgan fingerprint density at radius 3 is 2.44 bits per heavy atom. The van der Waals surface area contributed by atoms with Crippen molar-refractivity contribution in [2.24, 2.45) is 0 Å². The first kappa shape index (κ1) is 18.2. The lowest BCUT2D eigenvalue weighted by molar-refractivity contribution is 0.0523. The van der Waals surface area contributed by atoms with Crippen molar-refractivity contribution in [3.63, 3.8) is 0 Å². The smallest absolute Gasteiger partial charge is 0.339 e. The van der Waals surface area contributed by atoms with Gasteiger partial charge < -0.3 is 4.74 Å². The average molecular weight is 357 g/mol. The van der Waals surface area contributed by atoms with Crippen LogP contribution in [0, 0.1) is 0 Å². The summed E-state index contributed by atoms with van der Waals surface area (Å²) in [7, 11) is 0. The summed E-state index contributed by atoms with van der Waals surface area (Å²) in [5.41, 5.74) is 3.36. The standard InChI is InChI=1S/C22H28O2S/c1-4-24-22(23)19-18(16-11-7-5-8-12-16)21(25-20(19)15(2)3)17-13-9-6-10-14-17/h6,9-10,13-16H,4-5,7-8,11-12H2,1-3H3. The number of carbonyl (C=O) groups excluding carboxylic acids is 1. The third-order valence-corrected chi connectivity index (χ3v) is 6.58. The van der Waals surface area contributed by atoms with Gasteiger partial charge in [-0.05, 0) is 42.7 Å². The van der Waals surface area contributed by atoms with E-state index in [4.69, 9.17) is 4.74 Å². The molecule has 0 N–H and O–H groups in total. The molecule has 2 nitrogen and oxygen atoms in total. The molecule has 0 saturated heterocycles. The second-order valence-electron chi connectivity index (χ2n) is 7.16. The van der Waals surface area contributed by atoms with Crippen LogP contribution in [0.3, 0.4) is 0 Å². The van der Waals surface area contributed by atoms with Crippen molar-refractivity contribution in [2.45, 2.75) is 64.7 Å². The molecule has 1 aliphatic carbocycles. The summed E-state index contributed by atoms with van der Waals surface area (Å²) in [6, 6.07) is 10.5. The maximum atomic E-state index is 12.9. The van der Waals surface area contributed by atoms with Crippen molar-refractivity contribution in [3.05, 3.63) is 46.3 Å². The minimum atomic E-state index is -0.134. The number of ether oxygens (including phenoxy) is 1. The Labute approximate surface area is 155 Å². The van der Waals surface area contributed by atoms with Crippen LogP contribution < -0.4 is 0 Å². The van der Waals surface area contributed by atoms with E-state index in [0.717, 1.165) is 5.56 Å². The van der Waals surface area contributed by atoms with Crippen LogP contribution in [-0.2, 0) is 4.74 Å². The summed E-state index contributed by atoms with van der Waals surface area (Å²) in [6.07, 6.45) is 6.19. The molecule has 0 radical (unpaired) electrons. The Hall–Kier alpha value is -1.61.